The van der Waals surface area contributed by atoms with Crippen LogP contribution in [0.5, 0.6) is 23.0 Å². The fourth-order valence-electron chi connectivity index (χ4n) is 3.69. The van der Waals surface area contributed by atoms with Crippen LogP contribution in [-0.2, 0) is 17.6 Å². The van der Waals surface area contributed by atoms with Crippen LogP contribution in [0.4, 0.5) is 5.69 Å². The van der Waals surface area contributed by atoms with Crippen molar-refractivity contribution < 1.29 is 28.3 Å². The highest BCUT2D eigenvalue weighted by atomic mass is 16.5. The molecule has 174 valence electrons. The number of rotatable bonds is 9. The van der Waals surface area contributed by atoms with Crippen molar-refractivity contribution in [2.24, 2.45) is 0 Å². The van der Waals surface area contributed by atoms with E-state index in [2.05, 4.69) is 15.5 Å². The van der Waals surface area contributed by atoms with Crippen LogP contribution >= 0.6 is 0 Å². The number of ether oxygens (including phenoxy) is 4. The van der Waals surface area contributed by atoms with Crippen LogP contribution in [0.2, 0.25) is 0 Å². The van der Waals surface area contributed by atoms with Gasteiger partial charge in [0.05, 0.1) is 26.5 Å². The van der Waals surface area contributed by atoms with E-state index in [1.807, 2.05) is 32.0 Å². The SMILES string of the molecule is CCOc1cc2c(cc1NC(=O)CCc1nc(-c3ccc(OC)c(OC)c3)no1)OC(C)C2. The number of hydrogen-bond donors (Lipinski definition) is 1. The summed E-state index contributed by atoms with van der Waals surface area (Å²) in [4.78, 5) is 17.0. The number of benzene rings is 2. The van der Waals surface area contributed by atoms with Gasteiger partial charge in [-0.1, -0.05) is 5.16 Å². The predicted molar refractivity (Wildman–Crippen MR) is 121 cm³/mol. The first-order valence-electron chi connectivity index (χ1n) is 10.8. The second-order valence-corrected chi connectivity index (χ2v) is 7.65. The number of nitrogens with zero attached hydrogens (tertiary/aromatic N) is 2. The van der Waals surface area contributed by atoms with Gasteiger partial charge in [0.15, 0.2) is 11.5 Å². The molecule has 0 bridgehead atoms. The topological polar surface area (TPSA) is 105 Å². The van der Waals surface area contributed by atoms with E-state index in [-0.39, 0.29) is 18.4 Å². The third-order valence-electron chi connectivity index (χ3n) is 5.25. The lowest BCUT2D eigenvalue weighted by molar-refractivity contribution is -0.116. The van der Waals surface area contributed by atoms with Crippen molar-refractivity contribution in [2.45, 2.75) is 39.2 Å². The van der Waals surface area contributed by atoms with Gasteiger partial charge in [-0.2, -0.15) is 4.98 Å². The maximum Gasteiger partial charge on any atom is 0.227 e. The van der Waals surface area contributed by atoms with E-state index in [1.54, 1.807) is 26.4 Å². The minimum absolute atomic E-state index is 0.109. The molecule has 1 N–H and O–H groups in total. The van der Waals surface area contributed by atoms with E-state index < -0.39 is 0 Å². The van der Waals surface area contributed by atoms with Crippen molar-refractivity contribution in [3.05, 3.63) is 41.8 Å². The van der Waals surface area contributed by atoms with Crippen LogP contribution in [0.15, 0.2) is 34.9 Å². The standard InChI is InChI=1S/C24H27N3O6/c1-5-31-20-12-16-10-14(2)32-19(16)13-17(20)25-22(28)8-9-23-26-24(27-33-23)15-6-7-18(29-3)21(11-15)30-4/h6-7,11-14H,5,8-10H2,1-4H3,(H,25,28). The Labute approximate surface area is 192 Å². The minimum atomic E-state index is -0.187. The van der Waals surface area contributed by atoms with Gasteiger partial charge in [0.25, 0.3) is 0 Å². The molecule has 4 rings (SSSR count). The number of carbonyl (C=O) groups excluding carboxylic acids is 1. The van der Waals surface area contributed by atoms with Gasteiger partial charge in [-0.15, -0.1) is 0 Å². The number of fused-ring (bicyclic) bond motifs is 1. The van der Waals surface area contributed by atoms with Crippen LogP contribution in [0.1, 0.15) is 31.7 Å². The van der Waals surface area contributed by atoms with E-state index in [1.165, 1.54) is 0 Å². The smallest absolute Gasteiger partial charge is 0.227 e. The average Bonchev–Trinajstić information content (AvgIpc) is 3.43. The summed E-state index contributed by atoms with van der Waals surface area (Å²) in [5, 5.41) is 6.93. The maximum absolute atomic E-state index is 12.6. The summed E-state index contributed by atoms with van der Waals surface area (Å²) in [5.41, 5.74) is 2.39. The Morgan fingerprint density at radius 2 is 1.97 bits per heavy atom. The fourth-order valence-corrected chi connectivity index (χ4v) is 3.69. The first-order chi connectivity index (χ1) is 16.0. The highest BCUT2D eigenvalue weighted by Gasteiger charge is 2.23. The van der Waals surface area contributed by atoms with E-state index in [9.17, 15) is 4.79 Å². The van der Waals surface area contributed by atoms with Crippen molar-refractivity contribution >= 4 is 11.6 Å². The molecule has 0 aliphatic carbocycles. The minimum Gasteiger partial charge on any atom is -0.493 e. The summed E-state index contributed by atoms with van der Waals surface area (Å²) in [6, 6.07) is 9.12. The second kappa shape index (κ2) is 9.81. The highest BCUT2D eigenvalue weighted by Crippen LogP contribution is 2.38. The molecule has 1 amide bonds. The maximum atomic E-state index is 12.6. The van der Waals surface area contributed by atoms with Crippen LogP contribution < -0.4 is 24.3 Å². The molecule has 1 aliphatic rings. The van der Waals surface area contributed by atoms with Gasteiger partial charge in [0.1, 0.15) is 17.6 Å². The van der Waals surface area contributed by atoms with Gasteiger partial charge in [-0.3, -0.25) is 4.79 Å². The van der Waals surface area contributed by atoms with Gasteiger partial charge in [-0.05, 0) is 38.1 Å². The first-order valence-corrected chi connectivity index (χ1v) is 10.8. The number of anilines is 1. The van der Waals surface area contributed by atoms with Gasteiger partial charge < -0.3 is 28.8 Å². The Balaban J connectivity index is 1.40. The number of aromatic nitrogens is 2. The van der Waals surface area contributed by atoms with Crippen molar-refractivity contribution in [2.75, 3.05) is 26.1 Å². The summed E-state index contributed by atoms with van der Waals surface area (Å²) in [7, 11) is 3.13. The van der Waals surface area contributed by atoms with Gasteiger partial charge in [-0.25, -0.2) is 0 Å². The molecule has 3 aromatic rings. The predicted octanol–water partition coefficient (Wildman–Crippen LogP) is 4.05. The number of hydrogen-bond acceptors (Lipinski definition) is 8. The Bertz CT molecular complexity index is 1140. The number of aryl methyl sites for hydroxylation is 1. The summed E-state index contributed by atoms with van der Waals surface area (Å²) < 4.78 is 27.4. The molecular formula is C24H27N3O6. The molecule has 2 aromatic carbocycles. The molecule has 0 saturated carbocycles. The van der Waals surface area contributed by atoms with Crippen LogP contribution in [-0.4, -0.2) is 43.0 Å². The molecule has 1 unspecified atom stereocenters. The lowest BCUT2D eigenvalue weighted by Crippen LogP contribution is -2.13. The lowest BCUT2D eigenvalue weighted by Gasteiger charge is -2.13. The molecule has 33 heavy (non-hydrogen) atoms. The van der Waals surface area contributed by atoms with Crippen molar-refractivity contribution in [3.63, 3.8) is 0 Å². The molecule has 1 atom stereocenters. The van der Waals surface area contributed by atoms with E-state index in [0.29, 0.717) is 47.7 Å². The fraction of sp³-hybridized carbons (Fsp3) is 0.375. The van der Waals surface area contributed by atoms with Crippen molar-refractivity contribution in [3.8, 4) is 34.4 Å². The molecule has 2 heterocycles. The molecule has 9 nitrogen and oxygen atoms in total. The van der Waals surface area contributed by atoms with Gasteiger partial charge in [0, 0.05) is 36.5 Å². The van der Waals surface area contributed by atoms with Crippen molar-refractivity contribution in [1.82, 2.24) is 10.1 Å². The van der Waals surface area contributed by atoms with Crippen LogP contribution in [0.25, 0.3) is 11.4 Å². The summed E-state index contributed by atoms with van der Waals surface area (Å²) >= 11 is 0. The largest absolute Gasteiger partial charge is 0.493 e. The van der Waals surface area contributed by atoms with Crippen LogP contribution in [0, 0.1) is 0 Å². The van der Waals surface area contributed by atoms with Gasteiger partial charge >= 0.3 is 0 Å². The Morgan fingerprint density at radius 3 is 2.73 bits per heavy atom. The third-order valence-corrected chi connectivity index (χ3v) is 5.25. The molecule has 1 aromatic heterocycles. The first kappa shape index (κ1) is 22.4. The zero-order valence-corrected chi connectivity index (χ0v) is 19.1. The van der Waals surface area contributed by atoms with Crippen LogP contribution in [0.3, 0.4) is 0 Å². The number of methoxy groups -OCH3 is 2. The zero-order valence-electron chi connectivity index (χ0n) is 19.1. The third kappa shape index (κ3) is 5.02. The van der Waals surface area contributed by atoms with E-state index in [4.69, 9.17) is 23.5 Å². The Morgan fingerprint density at radius 1 is 1.15 bits per heavy atom. The summed E-state index contributed by atoms with van der Waals surface area (Å²) in [6.07, 6.45) is 1.41. The number of amides is 1. The number of carbonyl (C=O) groups is 1. The lowest BCUT2D eigenvalue weighted by atomic mass is 10.1. The highest BCUT2D eigenvalue weighted by molar-refractivity contribution is 5.92. The Kier molecular flexibility index (Phi) is 6.67. The molecule has 9 heteroatoms. The van der Waals surface area contributed by atoms with Gasteiger partial charge in [0.2, 0.25) is 17.6 Å². The van der Waals surface area contributed by atoms with Crippen molar-refractivity contribution in [1.29, 1.82) is 0 Å². The summed E-state index contributed by atoms with van der Waals surface area (Å²) in [6.45, 7) is 4.42. The zero-order chi connectivity index (χ0) is 23.4. The Hall–Kier alpha value is -3.75. The average molecular weight is 453 g/mol. The second-order valence-electron chi connectivity index (χ2n) is 7.65. The molecule has 0 radical (unpaired) electrons. The molecular weight excluding hydrogens is 426 g/mol. The number of nitrogens with one attached hydrogen (secondary N) is 1. The quantitative estimate of drug-likeness (QED) is 0.517. The molecule has 0 spiro atoms. The van der Waals surface area contributed by atoms with E-state index >= 15 is 0 Å². The normalized spacial score (nSPS) is 14.4. The van der Waals surface area contributed by atoms with E-state index in [0.717, 1.165) is 23.3 Å². The monoisotopic (exact) mass is 453 g/mol. The summed E-state index contributed by atoms with van der Waals surface area (Å²) in [5.74, 6) is 3.18. The molecule has 1 aliphatic heterocycles. The molecule has 0 fully saturated rings. The molecule has 0 saturated heterocycles.